The molecular weight excluding hydrogens is 688 g/mol. The van der Waals surface area contributed by atoms with Gasteiger partial charge >= 0.3 is 0 Å². The SMILES string of the molecule is CNC(=O)c1ccc(-n2c(=O)c3c(n4ncc(CCc5ccc(OCC(N)=O)cc5)c24)CN(C(=O)c2ccc(Br)c(Cl)c2)CC3)cc1. The Morgan fingerprint density at radius 2 is 1.74 bits per heavy atom. The fourth-order valence-electron chi connectivity index (χ4n) is 5.71. The van der Waals surface area contributed by atoms with Gasteiger partial charge in [-0.3, -0.25) is 23.7 Å². The number of ether oxygens (including phenoxy) is 1. The predicted octanol–water partition coefficient (Wildman–Crippen LogP) is 4.11. The van der Waals surface area contributed by atoms with E-state index in [1.807, 2.05) is 12.1 Å². The molecule has 5 aromatic rings. The lowest BCUT2D eigenvalue weighted by Crippen LogP contribution is -2.41. The van der Waals surface area contributed by atoms with Gasteiger partial charge in [0.15, 0.2) is 6.61 Å². The molecule has 0 atom stereocenters. The Morgan fingerprint density at radius 1 is 1.02 bits per heavy atom. The van der Waals surface area contributed by atoms with E-state index in [4.69, 9.17) is 27.2 Å². The molecule has 0 fully saturated rings. The van der Waals surface area contributed by atoms with Crippen LogP contribution in [0.15, 0.2) is 82.2 Å². The molecule has 3 heterocycles. The molecule has 240 valence electrons. The van der Waals surface area contributed by atoms with Crippen LogP contribution in [0.25, 0.3) is 11.3 Å². The van der Waals surface area contributed by atoms with E-state index in [-0.39, 0.29) is 30.5 Å². The molecule has 11 nitrogen and oxygen atoms in total. The number of rotatable bonds is 9. The number of hydrogen-bond acceptors (Lipinski definition) is 6. The topological polar surface area (TPSA) is 141 Å². The van der Waals surface area contributed by atoms with Crippen LogP contribution in [0.2, 0.25) is 5.02 Å². The first kappa shape index (κ1) is 32.0. The molecule has 3 amide bonds. The summed E-state index contributed by atoms with van der Waals surface area (Å²) in [5, 5.41) is 7.79. The van der Waals surface area contributed by atoms with E-state index in [2.05, 4.69) is 21.2 Å². The van der Waals surface area contributed by atoms with Gasteiger partial charge in [-0.1, -0.05) is 23.7 Å². The molecule has 0 spiro atoms. The van der Waals surface area contributed by atoms with Crippen molar-refractivity contribution in [1.82, 2.24) is 24.4 Å². The maximum Gasteiger partial charge on any atom is 0.261 e. The van der Waals surface area contributed by atoms with Crippen molar-refractivity contribution in [1.29, 1.82) is 0 Å². The summed E-state index contributed by atoms with van der Waals surface area (Å²) in [6.07, 6.45) is 3.28. The summed E-state index contributed by atoms with van der Waals surface area (Å²) in [5.41, 5.74) is 10.1. The molecule has 3 N–H and O–H groups in total. The average Bonchev–Trinajstić information content (AvgIpc) is 3.51. The number of nitrogens with one attached hydrogen (secondary N) is 1. The molecule has 13 heteroatoms. The first-order valence-corrected chi connectivity index (χ1v) is 16.0. The van der Waals surface area contributed by atoms with Gasteiger partial charge < -0.3 is 20.7 Å². The third-order valence-corrected chi connectivity index (χ3v) is 9.35. The molecule has 1 aliphatic rings. The molecule has 0 radical (unpaired) electrons. The third kappa shape index (κ3) is 6.51. The quantitative estimate of drug-likeness (QED) is 0.235. The maximum absolute atomic E-state index is 14.3. The van der Waals surface area contributed by atoms with Crippen molar-refractivity contribution in [3.05, 3.63) is 126 Å². The van der Waals surface area contributed by atoms with Crippen LogP contribution in [0.1, 0.15) is 43.1 Å². The Morgan fingerprint density at radius 3 is 2.43 bits per heavy atom. The van der Waals surface area contributed by atoms with E-state index < -0.39 is 5.91 Å². The molecular formula is C34H30BrClN6O5. The molecule has 47 heavy (non-hydrogen) atoms. The van der Waals surface area contributed by atoms with Crippen molar-refractivity contribution in [2.45, 2.75) is 25.8 Å². The predicted molar refractivity (Wildman–Crippen MR) is 180 cm³/mol. The number of carbonyl (C=O) groups is 3. The zero-order valence-corrected chi connectivity index (χ0v) is 27.7. The summed E-state index contributed by atoms with van der Waals surface area (Å²) in [6.45, 7) is 0.342. The number of nitrogens with zero attached hydrogens (tertiary/aromatic N) is 4. The van der Waals surface area contributed by atoms with Crippen molar-refractivity contribution in [3.63, 3.8) is 0 Å². The van der Waals surface area contributed by atoms with Gasteiger partial charge in [0.1, 0.15) is 11.4 Å². The first-order chi connectivity index (χ1) is 22.6. The standard InChI is InChI=1S/C34H30BrClN6O5/c1-38-31(44)21-6-9-24(10-7-21)41-32-23(5-2-20-3-11-25(12-4-20)47-19-30(37)43)17-39-42(32)29-18-40(15-14-26(29)34(41)46)33(45)22-8-13-27(35)28(36)16-22/h3-4,6-13,16-17H,2,5,14-15,18-19H2,1H3,(H2,37,43)(H,38,44). The lowest BCUT2D eigenvalue weighted by Gasteiger charge is -2.30. The van der Waals surface area contributed by atoms with Gasteiger partial charge in [-0.05, 0) is 95.4 Å². The van der Waals surface area contributed by atoms with Crippen LogP contribution in [-0.4, -0.2) is 57.0 Å². The number of fused-ring (bicyclic) bond motifs is 3. The Kier molecular flexibility index (Phi) is 9.15. The van der Waals surface area contributed by atoms with Crippen molar-refractivity contribution in [2.75, 3.05) is 20.2 Å². The highest BCUT2D eigenvalue weighted by Crippen LogP contribution is 2.27. The Bertz CT molecular complexity index is 2070. The normalized spacial score (nSPS) is 12.5. The number of carbonyl (C=O) groups excluding carboxylic acids is 3. The van der Waals surface area contributed by atoms with Gasteiger partial charge in [-0.15, -0.1) is 0 Å². The van der Waals surface area contributed by atoms with Crippen molar-refractivity contribution >= 4 is 50.9 Å². The van der Waals surface area contributed by atoms with Crippen LogP contribution < -0.4 is 21.3 Å². The van der Waals surface area contributed by atoms with E-state index in [1.165, 1.54) is 0 Å². The van der Waals surface area contributed by atoms with Crippen LogP contribution in [0.3, 0.4) is 0 Å². The number of nitrogens with two attached hydrogens (primary N) is 1. The van der Waals surface area contributed by atoms with E-state index >= 15 is 0 Å². The van der Waals surface area contributed by atoms with Gasteiger partial charge in [0.2, 0.25) is 0 Å². The van der Waals surface area contributed by atoms with Crippen molar-refractivity contribution < 1.29 is 19.1 Å². The van der Waals surface area contributed by atoms with E-state index in [0.29, 0.717) is 74.8 Å². The largest absolute Gasteiger partial charge is 0.484 e. The minimum atomic E-state index is -0.552. The number of aromatic nitrogens is 3. The highest BCUT2D eigenvalue weighted by atomic mass is 79.9. The summed E-state index contributed by atoms with van der Waals surface area (Å²) in [7, 11) is 1.56. The van der Waals surface area contributed by atoms with Crippen LogP contribution in [0.4, 0.5) is 0 Å². The smallest absolute Gasteiger partial charge is 0.261 e. The zero-order valence-electron chi connectivity index (χ0n) is 25.3. The van der Waals surface area contributed by atoms with E-state index in [9.17, 15) is 19.2 Å². The molecule has 6 rings (SSSR count). The molecule has 0 bridgehead atoms. The minimum Gasteiger partial charge on any atom is -0.484 e. The van der Waals surface area contributed by atoms with Crippen molar-refractivity contribution in [2.24, 2.45) is 5.73 Å². The van der Waals surface area contributed by atoms with Crippen LogP contribution >= 0.6 is 27.5 Å². The van der Waals surface area contributed by atoms with Crippen molar-refractivity contribution in [3.8, 4) is 11.4 Å². The summed E-state index contributed by atoms with van der Waals surface area (Å²) < 4.78 is 9.46. The molecule has 3 aromatic carbocycles. The van der Waals surface area contributed by atoms with Gasteiger partial charge in [0, 0.05) is 40.3 Å². The highest BCUT2D eigenvalue weighted by Gasteiger charge is 2.29. The molecule has 1 aliphatic heterocycles. The number of aryl methyl sites for hydroxylation is 2. The van der Waals surface area contributed by atoms with Crippen LogP contribution in [-0.2, 0) is 30.6 Å². The molecule has 0 unspecified atom stereocenters. The van der Waals surface area contributed by atoms with Gasteiger partial charge in [0.25, 0.3) is 23.3 Å². The van der Waals surface area contributed by atoms with Gasteiger partial charge in [0.05, 0.1) is 29.1 Å². The zero-order chi connectivity index (χ0) is 33.2. The summed E-state index contributed by atoms with van der Waals surface area (Å²) >= 11 is 9.65. The number of hydrogen-bond donors (Lipinski definition) is 2. The summed E-state index contributed by atoms with van der Waals surface area (Å²) in [4.78, 5) is 52.8. The average molecular weight is 718 g/mol. The second kappa shape index (κ2) is 13.4. The fraction of sp³-hybridized carbons (Fsp3) is 0.206. The Labute approximate surface area is 283 Å². The Hall–Kier alpha value is -4.94. The lowest BCUT2D eigenvalue weighted by molar-refractivity contribution is -0.119. The molecule has 0 saturated heterocycles. The number of primary amides is 1. The third-order valence-electron chi connectivity index (χ3n) is 8.12. The van der Waals surface area contributed by atoms with E-state index in [1.54, 1.807) is 81.8 Å². The maximum atomic E-state index is 14.3. The number of benzene rings is 3. The summed E-state index contributed by atoms with van der Waals surface area (Å²) in [5.74, 6) is -0.437. The molecule has 2 aromatic heterocycles. The highest BCUT2D eigenvalue weighted by molar-refractivity contribution is 9.10. The van der Waals surface area contributed by atoms with Crippen LogP contribution in [0.5, 0.6) is 5.75 Å². The first-order valence-electron chi connectivity index (χ1n) is 14.8. The number of halogens is 2. The Balaban J connectivity index is 1.38. The summed E-state index contributed by atoms with van der Waals surface area (Å²) in [6, 6.07) is 19.3. The fourth-order valence-corrected chi connectivity index (χ4v) is 6.13. The number of amides is 3. The van der Waals surface area contributed by atoms with Crippen LogP contribution in [0, 0.1) is 0 Å². The lowest BCUT2D eigenvalue weighted by atomic mass is 10.0. The minimum absolute atomic E-state index is 0.192. The molecule has 0 aliphatic carbocycles. The van der Waals surface area contributed by atoms with Gasteiger partial charge in [-0.25, -0.2) is 4.52 Å². The second-order valence-corrected chi connectivity index (χ2v) is 12.4. The molecule has 0 saturated carbocycles. The van der Waals surface area contributed by atoms with E-state index in [0.717, 1.165) is 11.1 Å². The monoisotopic (exact) mass is 716 g/mol. The van der Waals surface area contributed by atoms with Gasteiger partial charge in [-0.2, -0.15) is 5.10 Å². The second-order valence-electron chi connectivity index (χ2n) is 11.1.